The number of benzene rings is 11. The van der Waals surface area contributed by atoms with Crippen molar-refractivity contribution in [3.05, 3.63) is 236 Å². The van der Waals surface area contributed by atoms with Crippen LogP contribution in [0.1, 0.15) is 25.0 Å². The molecule has 0 aliphatic heterocycles. The van der Waals surface area contributed by atoms with Crippen LogP contribution in [0.5, 0.6) is 0 Å². The predicted octanol–water partition coefficient (Wildman–Crippen LogP) is 19.1. The van der Waals surface area contributed by atoms with Crippen LogP contribution in [0.3, 0.4) is 0 Å². The molecule has 0 saturated carbocycles. The van der Waals surface area contributed by atoms with Crippen LogP contribution < -0.4 is 4.90 Å². The van der Waals surface area contributed by atoms with E-state index in [2.05, 4.69) is 249 Å². The molecule has 11 rings (SSSR count). The van der Waals surface area contributed by atoms with E-state index in [1.54, 1.807) is 0 Å². The van der Waals surface area contributed by atoms with Crippen LogP contribution in [0.25, 0.3) is 93.7 Å². The van der Waals surface area contributed by atoms with E-state index in [1.807, 2.05) is 19.9 Å². The summed E-state index contributed by atoms with van der Waals surface area (Å²) in [5.74, 6) is 4.30. The van der Waals surface area contributed by atoms with Gasteiger partial charge in [-0.1, -0.05) is 202 Å². The summed E-state index contributed by atoms with van der Waals surface area (Å²) < 4.78 is 0. The molecular formula is C65H53NS. The Balaban J connectivity index is 0.00000259. The molecule has 0 heterocycles. The second-order valence-electron chi connectivity index (χ2n) is 16.9. The largest absolute Gasteiger partial charge is 0.310 e. The Hall–Kier alpha value is -7.78. The third-order valence-electron chi connectivity index (χ3n) is 12.9. The number of nitrogens with zero attached hydrogens (tertiary/aromatic N) is 1. The predicted molar refractivity (Wildman–Crippen MR) is 298 cm³/mol. The Morgan fingerprint density at radius 1 is 0.373 bits per heavy atom. The van der Waals surface area contributed by atoms with E-state index >= 15 is 0 Å². The lowest BCUT2D eigenvalue weighted by molar-refractivity contribution is 1.27. The third kappa shape index (κ3) is 7.94. The van der Waals surface area contributed by atoms with Gasteiger partial charge in [-0.3, -0.25) is 0 Å². The SMILES string of the molecule is C=Cc1ccc(N(c2ccc(S(=C)C)cc2)c2cccc(-c3c4ccccc4c(-c4cccc(-c5c6ccccc6c(-c6cccc(C)c6)c6ccccc56)c4)c4ccccc34)c2)cc1.CC. The minimum absolute atomic E-state index is 0.0764. The van der Waals surface area contributed by atoms with Gasteiger partial charge >= 0.3 is 0 Å². The van der Waals surface area contributed by atoms with Crippen LogP contribution in [-0.2, 0) is 0 Å². The normalized spacial score (nSPS) is 11.6. The number of hydrogen-bond donors (Lipinski definition) is 0. The first kappa shape index (κ1) is 43.1. The van der Waals surface area contributed by atoms with Gasteiger partial charge in [0.1, 0.15) is 0 Å². The van der Waals surface area contributed by atoms with E-state index < -0.39 is 0 Å². The molecule has 1 unspecified atom stereocenters. The van der Waals surface area contributed by atoms with E-state index in [1.165, 1.54) is 98.1 Å². The molecule has 324 valence electrons. The van der Waals surface area contributed by atoms with Crippen molar-refractivity contribution in [2.75, 3.05) is 11.2 Å². The molecule has 0 aliphatic rings. The van der Waals surface area contributed by atoms with Gasteiger partial charge in [0.25, 0.3) is 0 Å². The fraction of sp³-hybridized carbons (Fsp3) is 0.0615. The van der Waals surface area contributed by atoms with Gasteiger partial charge < -0.3 is 4.90 Å². The Morgan fingerprint density at radius 3 is 1.09 bits per heavy atom. The average Bonchev–Trinajstić information content (AvgIpc) is 3.38. The highest BCUT2D eigenvalue weighted by molar-refractivity contribution is 8.13. The maximum Gasteiger partial charge on any atom is 0.0467 e. The molecular weight excluding hydrogens is 827 g/mol. The van der Waals surface area contributed by atoms with E-state index in [0.29, 0.717) is 0 Å². The lowest BCUT2D eigenvalue weighted by Gasteiger charge is -2.27. The second-order valence-corrected chi connectivity index (χ2v) is 18.7. The summed E-state index contributed by atoms with van der Waals surface area (Å²) >= 11 is 0. The van der Waals surface area contributed by atoms with Gasteiger partial charge in [0.05, 0.1) is 0 Å². The van der Waals surface area contributed by atoms with Gasteiger partial charge in [-0.25, -0.2) is 0 Å². The summed E-state index contributed by atoms with van der Waals surface area (Å²) in [6.07, 6.45) is 4.06. The summed E-state index contributed by atoms with van der Waals surface area (Å²) in [7, 11) is -0.0764. The van der Waals surface area contributed by atoms with E-state index in [-0.39, 0.29) is 10.5 Å². The average molecular weight is 880 g/mol. The standard InChI is InChI=1S/C63H47NS.C2H6/c1-5-43-31-33-48(34-32-43)64(49-35-37-51(38-36-49)65(3)4)50-22-16-21-47(41-50)63-58-29-12-10-27-56(58)62(57-28-11-13-30-59(57)63)46-20-15-19-45(40-46)61-54-25-8-6-23-52(54)60(44-18-14-17-42(2)39-44)53-24-7-9-26-55(53)61;1-2/h5-41H,1,3H2,2,4H3;1-2H3. The molecule has 0 radical (unpaired) electrons. The summed E-state index contributed by atoms with van der Waals surface area (Å²) in [4.78, 5) is 3.59. The van der Waals surface area contributed by atoms with Crippen LogP contribution in [0.4, 0.5) is 17.1 Å². The van der Waals surface area contributed by atoms with E-state index in [0.717, 1.165) is 22.6 Å². The zero-order valence-electron chi connectivity index (χ0n) is 38.6. The molecule has 2 heteroatoms. The lowest BCUT2D eigenvalue weighted by Crippen LogP contribution is -2.10. The van der Waals surface area contributed by atoms with Crippen molar-refractivity contribution in [2.45, 2.75) is 25.7 Å². The van der Waals surface area contributed by atoms with Crippen LogP contribution >= 0.6 is 10.5 Å². The van der Waals surface area contributed by atoms with Gasteiger partial charge in [-0.05, 0) is 161 Å². The van der Waals surface area contributed by atoms with Gasteiger partial charge in [0, 0.05) is 22.0 Å². The zero-order valence-corrected chi connectivity index (χ0v) is 39.4. The van der Waals surface area contributed by atoms with Crippen molar-refractivity contribution < 1.29 is 0 Å². The molecule has 0 saturated heterocycles. The van der Waals surface area contributed by atoms with Gasteiger partial charge in [-0.15, -0.1) is 0 Å². The molecule has 1 atom stereocenters. The fourth-order valence-corrected chi connectivity index (χ4v) is 10.6. The quantitative estimate of drug-likeness (QED) is 0.103. The summed E-state index contributed by atoms with van der Waals surface area (Å²) in [6, 6.07) is 80.5. The number of hydrogen-bond acceptors (Lipinski definition) is 1. The number of fused-ring (bicyclic) bond motifs is 4. The number of rotatable bonds is 9. The molecule has 0 N–H and O–H groups in total. The minimum atomic E-state index is -0.0764. The Kier molecular flexibility index (Phi) is 12.0. The Labute approximate surface area is 397 Å². The highest BCUT2D eigenvalue weighted by atomic mass is 32.2. The monoisotopic (exact) mass is 879 g/mol. The third-order valence-corrected chi connectivity index (χ3v) is 14.0. The minimum Gasteiger partial charge on any atom is -0.310 e. The zero-order chi connectivity index (χ0) is 46.0. The van der Waals surface area contributed by atoms with Crippen LogP contribution in [0.15, 0.2) is 230 Å². The van der Waals surface area contributed by atoms with Gasteiger partial charge in [0.2, 0.25) is 0 Å². The van der Waals surface area contributed by atoms with Crippen LogP contribution in [-0.4, -0.2) is 12.1 Å². The summed E-state index contributed by atoms with van der Waals surface area (Å²) in [6.45, 7) is 10.2. The topological polar surface area (TPSA) is 3.24 Å². The summed E-state index contributed by atoms with van der Waals surface area (Å²) in [5.41, 5.74) is 15.4. The molecule has 0 aliphatic carbocycles. The fourth-order valence-electron chi connectivity index (χ4n) is 9.97. The molecule has 0 spiro atoms. The van der Waals surface area contributed by atoms with Crippen molar-refractivity contribution in [2.24, 2.45) is 0 Å². The molecule has 1 nitrogen and oxygen atoms in total. The maximum atomic E-state index is 4.30. The Bertz CT molecular complexity index is 3540. The smallest absolute Gasteiger partial charge is 0.0467 e. The van der Waals surface area contributed by atoms with Crippen molar-refractivity contribution in [1.82, 2.24) is 0 Å². The van der Waals surface area contributed by atoms with Crippen LogP contribution in [0.2, 0.25) is 0 Å². The highest BCUT2D eigenvalue weighted by Crippen LogP contribution is 2.48. The molecule has 0 amide bonds. The molecule has 0 aromatic heterocycles. The Morgan fingerprint density at radius 2 is 0.716 bits per heavy atom. The molecule has 11 aromatic rings. The van der Waals surface area contributed by atoms with Crippen molar-refractivity contribution >= 4 is 82.6 Å². The molecule has 0 fully saturated rings. The van der Waals surface area contributed by atoms with Crippen molar-refractivity contribution in [1.29, 1.82) is 0 Å². The molecule has 0 bridgehead atoms. The van der Waals surface area contributed by atoms with Gasteiger partial charge in [0.15, 0.2) is 0 Å². The summed E-state index contributed by atoms with van der Waals surface area (Å²) in [5, 5.41) is 9.92. The first-order valence-electron chi connectivity index (χ1n) is 23.2. The number of anilines is 3. The van der Waals surface area contributed by atoms with Gasteiger partial charge in [-0.2, -0.15) is 10.5 Å². The van der Waals surface area contributed by atoms with Crippen molar-refractivity contribution in [3.63, 3.8) is 0 Å². The first-order valence-corrected chi connectivity index (χ1v) is 25.0. The lowest BCUT2D eigenvalue weighted by atomic mass is 9.83. The van der Waals surface area contributed by atoms with Crippen LogP contribution in [0, 0.1) is 6.92 Å². The first-order chi connectivity index (χ1) is 32.9. The molecule has 67 heavy (non-hydrogen) atoms. The number of aryl methyl sites for hydroxylation is 1. The van der Waals surface area contributed by atoms with E-state index in [9.17, 15) is 0 Å². The van der Waals surface area contributed by atoms with Crippen molar-refractivity contribution in [3.8, 4) is 44.5 Å². The second kappa shape index (κ2) is 18.6. The highest BCUT2D eigenvalue weighted by Gasteiger charge is 2.21. The molecule has 11 aromatic carbocycles. The van der Waals surface area contributed by atoms with E-state index in [4.69, 9.17) is 0 Å². The maximum absolute atomic E-state index is 4.30.